The lowest BCUT2D eigenvalue weighted by Crippen LogP contribution is -2.03. The van der Waals surface area contributed by atoms with Crippen molar-refractivity contribution in [2.75, 3.05) is 6.54 Å². The molecule has 0 spiro atoms. The second-order valence-corrected chi connectivity index (χ2v) is 2.47. The maximum absolute atomic E-state index is 5.48. The Morgan fingerprint density at radius 1 is 1.42 bits per heavy atom. The van der Waals surface area contributed by atoms with Crippen LogP contribution in [0.5, 0.6) is 0 Å². The summed E-state index contributed by atoms with van der Waals surface area (Å²) in [6.45, 7) is 9.72. The molecule has 2 heteroatoms. The molecule has 0 fully saturated rings. The van der Waals surface area contributed by atoms with E-state index < -0.39 is 0 Å². The van der Waals surface area contributed by atoms with Crippen molar-refractivity contribution in [1.82, 2.24) is 0 Å². The minimum absolute atomic E-state index is 0.477. The lowest BCUT2D eigenvalue weighted by atomic mass is 10.1. The molecule has 0 aromatic rings. The van der Waals surface area contributed by atoms with Crippen molar-refractivity contribution in [2.24, 2.45) is 11.5 Å². The monoisotopic (exact) mass is 164 g/mol. The summed E-state index contributed by atoms with van der Waals surface area (Å²) in [7, 11) is 0. The Bertz CT molecular complexity index is 234. The van der Waals surface area contributed by atoms with Crippen LogP contribution in [0.4, 0.5) is 0 Å². The van der Waals surface area contributed by atoms with Crippen LogP contribution in [0.2, 0.25) is 0 Å². The van der Waals surface area contributed by atoms with Gasteiger partial charge in [-0.3, -0.25) is 0 Å². The first-order valence-electron chi connectivity index (χ1n) is 3.78. The third kappa shape index (κ3) is 3.78. The molecule has 0 aromatic carbocycles. The summed E-state index contributed by atoms with van der Waals surface area (Å²) in [6, 6.07) is 0. The SMILES string of the molecule is C=C(N)C(=C)/C=C(\C=C/C)CN. The lowest BCUT2D eigenvalue weighted by molar-refractivity contribution is 1.18. The van der Waals surface area contributed by atoms with E-state index in [0.29, 0.717) is 17.8 Å². The smallest absolute Gasteiger partial charge is 0.0308 e. The molecule has 0 aliphatic rings. The third-order valence-corrected chi connectivity index (χ3v) is 1.39. The normalized spacial score (nSPS) is 12.0. The number of nitrogens with two attached hydrogens (primary N) is 2. The van der Waals surface area contributed by atoms with Gasteiger partial charge in [0.25, 0.3) is 0 Å². The molecular formula is C10H16N2. The molecule has 0 radical (unpaired) electrons. The average molecular weight is 164 g/mol. The summed E-state index contributed by atoms with van der Waals surface area (Å²) < 4.78 is 0. The molecule has 0 saturated carbocycles. The van der Waals surface area contributed by atoms with Gasteiger partial charge in [-0.25, -0.2) is 0 Å². The second-order valence-electron chi connectivity index (χ2n) is 2.47. The molecule has 12 heavy (non-hydrogen) atoms. The quantitative estimate of drug-likeness (QED) is 0.618. The summed E-state index contributed by atoms with van der Waals surface area (Å²) >= 11 is 0. The molecule has 0 bridgehead atoms. The van der Waals surface area contributed by atoms with Gasteiger partial charge in [0.2, 0.25) is 0 Å². The molecule has 0 aliphatic carbocycles. The van der Waals surface area contributed by atoms with Gasteiger partial charge >= 0.3 is 0 Å². The zero-order chi connectivity index (χ0) is 9.56. The number of rotatable bonds is 4. The maximum Gasteiger partial charge on any atom is 0.0308 e. The minimum Gasteiger partial charge on any atom is -0.399 e. The van der Waals surface area contributed by atoms with Gasteiger partial charge in [0, 0.05) is 12.2 Å². The first-order chi connectivity index (χ1) is 5.61. The summed E-state index contributed by atoms with van der Waals surface area (Å²) in [5, 5.41) is 0. The molecule has 0 aromatic heterocycles. The van der Waals surface area contributed by atoms with E-state index in [1.165, 1.54) is 0 Å². The number of hydrogen-bond acceptors (Lipinski definition) is 2. The molecular weight excluding hydrogens is 148 g/mol. The Morgan fingerprint density at radius 3 is 2.33 bits per heavy atom. The molecule has 0 heterocycles. The van der Waals surface area contributed by atoms with E-state index in [0.717, 1.165) is 5.57 Å². The largest absolute Gasteiger partial charge is 0.399 e. The van der Waals surface area contributed by atoms with E-state index in [4.69, 9.17) is 11.5 Å². The van der Waals surface area contributed by atoms with E-state index in [9.17, 15) is 0 Å². The van der Waals surface area contributed by atoms with E-state index in [1.54, 1.807) is 0 Å². The molecule has 2 nitrogen and oxygen atoms in total. The first kappa shape index (κ1) is 10.7. The minimum atomic E-state index is 0.477. The van der Waals surface area contributed by atoms with Crippen LogP contribution in [0.15, 0.2) is 48.2 Å². The Balaban J connectivity index is 4.48. The van der Waals surface area contributed by atoms with Gasteiger partial charge in [0.1, 0.15) is 0 Å². The van der Waals surface area contributed by atoms with Crippen LogP contribution in [0.3, 0.4) is 0 Å². The number of allylic oxidation sites excluding steroid dienone is 2. The van der Waals surface area contributed by atoms with Crippen molar-refractivity contribution >= 4 is 0 Å². The van der Waals surface area contributed by atoms with Crippen LogP contribution in [-0.2, 0) is 0 Å². The predicted molar refractivity (Wildman–Crippen MR) is 54.4 cm³/mol. The Kier molecular flexibility index (Phi) is 4.81. The van der Waals surface area contributed by atoms with E-state index in [1.807, 2.05) is 25.2 Å². The third-order valence-electron chi connectivity index (χ3n) is 1.39. The zero-order valence-corrected chi connectivity index (χ0v) is 7.51. The maximum atomic E-state index is 5.48. The Morgan fingerprint density at radius 2 is 2.00 bits per heavy atom. The van der Waals surface area contributed by atoms with E-state index in [2.05, 4.69) is 13.2 Å². The standard InChI is InChI=1S/C10H16N2/c1-4-5-10(7-11)6-8(2)9(3)12/h4-6H,2-3,7,11-12H2,1H3/b5-4-,10-6+. The van der Waals surface area contributed by atoms with Crippen molar-refractivity contribution in [3.63, 3.8) is 0 Å². The van der Waals surface area contributed by atoms with Gasteiger partial charge in [-0.05, 0) is 24.1 Å². The van der Waals surface area contributed by atoms with Crippen molar-refractivity contribution in [3.8, 4) is 0 Å². The summed E-state index contributed by atoms with van der Waals surface area (Å²) in [4.78, 5) is 0. The Hall–Kier alpha value is -1.28. The van der Waals surface area contributed by atoms with Crippen LogP contribution in [0.25, 0.3) is 0 Å². The molecule has 0 aliphatic heterocycles. The van der Waals surface area contributed by atoms with Crippen LogP contribution in [0.1, 0.15) is 6.92 Å². The van der Waals surface area contributed by atoms with Crippen molar-refractivity contribution in [2.45, 2.75) is 6.92 Å². The molecule has 0 unspecified atom stereocenters. The van der Waals surface area contributed by atoms with Crippen LogP contribution >= 0.6 is 0 Å². The highest BCUT2D eigenvalue weighted by atomic mass is 14.6. The fraction of sp³-hybridized carbons (Fsp3) is 0.200. The van der Waals surface area contributed by atoms with Crippen molar-refractivity contribution in [3.05, 3.63) is 48.2 Å². The van der Waals surface area contributed by atoms with Crippen molar-refractivity contribution < 1.29 is 0 Å². The Labute approximate surface area is 73.9 Å². The van der Waals surface area contributed by atoms with Gasteiger partial charge < -0.3 is 11.5 Å². The highest BCUT2D eigenvalue weighted by Crippen LogP contribution is 2.05. The van der Waals surface area contributed by atoms with Crippen LogP contribution < -0.4 is 11.5 Å². The summed E-state index contributed by atoms with van der Waals surface area (Å²) in [5.41, 5.74) is 13.1. The molecule has 0 rings (SSSR count). The molecule has 0 amide bonds. The van der Waals surface area contributed by atoms with E-state index in [-0.39, 0.29) is 0 Å². The highest BCUT2D eigenvalue weighted by Gasteiger charge is 1.92. The van der Waals surface area contributed by atoms with Gasteiger partial charge in [0.05, 0.1) is 0 Å². The van der Waals surface area contributed by atoms with Crippen LogP contribution in [0, 0.1) is 0 Å². The summed E-state index contributed by atoms with van der Waals surface area (Å²) in [5.74, 6) is 0. The average Bonchev–Trinajstić information content (AvgIpc) is 2.03. The highest BCUT2D eigenvalue weighted by molar-refractivity contribution is 5.38. The van der Waals surface area contributed by atoms with Gasteiger partial charge in [-0.1, -0.05) is 25.3 Å². The fourth-order valence-corrected chi connectivity index (χ4v) is 0.706. The topological polar surface area (TPSA) is 52.0 Å². The molecule has 0 saturated heterocycles. The first-order valence-corrected chi connectivity index (χ1v) is 3.78. The zero-order valence-electron chi connectivity index (χ0n) is 7.51. The van der Waals surface area contributed by atoms with Crippen LogP contribution in [-0.4, -0.2) is 6.54 Å². The lowest BCUT2D eigenvalue weighted by Gasteiger charge is -2.00. The van der Waals surface area contributed by atoms with Gasteiger partial charge in [0.15, 0.2) is 0 Å². The molecule has 4 N–H and O–H groups in total. The van der Waals surface area contributed by atoms with E-state index >= 15 is 0 Å². The summed E-state index contributed by atoms with van der Waals surface area (Å²) in [6.07, 6.45) is 5.68. The van der Waals surface area contributed by atoms with Gasteiger partial charge in [-0.15, -0.1) is 0 Å². The molecule has 0 atom stereocenters. The molecule has 66 valence electrons. The number of hydrogen-bond donors (Lipinski definition) is 2. The predicted octanol–water partition coefficient (Wildman–Crippen LogP) is 1.48. The second kappa shape index (κ2) is 5.38. The van der Waals surface area contributed by atoms with Crippen molar-refractivity contribution in [1.29, 1.82) is 0 Å². The van der Waals surface area contributed by atoms with Gasteiger partial charge in [-0.2, -0.15) is 0 Å². The fourth-order valence-electron chi connectivity index (χ4n) is 0.706.